The van der Waals surface area contributed by atoms with Crippen LogP contribution in [0.25, 0.3) is 0 Å². The molecular weight excluding hydrogens is 440 g/mol. The molecule has 0 aliphatic carbocycles. The minimum atomic E-state index is -0.755. The predicted molar refractivity (Wildman–Crippen MR) is 126 cm³/mol. The van der Waals surface area contributed by atoms with Crippen molar-refractivity contribution in [2.45, 2.75) is 39.7 Å². The number of esters is 2. The van der Waals surface area contributed by atoms with Gasteiger partial charge in [0.25, 0.3) is 11.8 Å². The van der Waals surface area contributed by atoms with Gasteiger partial charge < -0.3 is 24.8 Å². The first-order valence-corrected chi connectivity index (χ1v) is 11.1. The van der Waals surface area contributed by atoms with Crippen LogP contribution < -0.4 is 15.4 Å². The van der Waals surface area contributed by atoms with Crippen LogP contribution in [0.4, 0.5) is 5.69 Å². The molecule has 0 spiro atoms. The Hall–Kier alpha value is -3.88. The van der Waals surface area contributed by atoms with Gasteiger partial charge in [0, 0.05) is 11.3 Å². The number of carbonyl (C=O) groups is 4. The molecule has 0 bridgehead atoms. The molecule has 0 aliphatic rings. The number of hydrogen-bond donors (Lipinski definition) is 2. The van der Waals surface area contributed by atoms with Crippen molar-refractivity contribution in [1.29, 1.82) is 0 Å². The molecular formula is C25H30N2O7. The zero-order chi connectivity index (χ0) is 24.9. The largest absolute Gasteiger partial charge is 0.494 e. The molecule has 0 radical (unpaired) electrons. The average molecular weight is 471 g/mol. The SMILES string of the molecule is CCCCOc1ccc(C(=O)NCC(=O)OCC(=O)Nc2ccc(C(=O)OC(C)C)cc2)cc1. The number of anilines is 1. The quantitative estimate of drug-likeness (QED) is 0.361. The lowest BCUT2D eigenvalue weighted by molar-refractivity contribution is -0.146. The first-order valence-electron chi connectivity index (χ1n) is 11.1. The van der Waals surface area contributed by atoms with E-state index in [0.29, 0.717) is 29.2 Å². The summed E-state index contributed by atoms with van der Waals surface area (Å²) in [5.41, 5.74) is 1.15. The monoisotopic (exact) mass is 470 g/mol. The second kappa shape index (κ2) is 13.6. The second-order valence-corrected chi connectivity index (χ2v) is 7.65. The van der Waals surface area contributed by atoms with Crippen molar-refractivity contribution in [3.8, 4) is 5.75 Å². The van der Waals surface area contributed by atoms with Crippen LogP contribution in [0.3, 0.4) is 0 Å². The van der Waals surface area contributed by atoms with E-state index in [0.717, 1.165) is 12.8 Å². The lowest BCUT2D eigenvalue weighted by atomic mass is 10.2. The predicted octanol–water partition coefficient (Wildman–Crippen LogP) is 3.34. The van der Waals surface area contributed by atoms with Gasteiger partial charge in [-0.3, -0.25) is 14.4 Å². The molecule has 2 aromatic rings. The number of unbranched alkanes of at least 4 members (excludes halogenated alkanes) is 1. The van der Waals surface area contributed by atoms with E-state index < -0.39 is 30.4 Å². The molecule has 0 aliphatic heterocycles. The summed E-state index contributed by atoms with van der Waals surface area (Å²) < 4.78 is 15.5. The first kappa shape index (κ1) is 26.4. The standard InChI is InChI=1S/C25H30N2O7/c1-4-5-14-32-21-12-8-18(9-13-21)24(30)26-15-23(29)33-16-22(28)27-20-10-6-19(7-11-20)25(31)34-17(2)3/h6-13,17H,4-5,14-16H2,1-3H3,(H,26,30)(H,27,28). The highest BCUT2D eigenvalue weighted by Crippen LogP contribution is 2.13. The molecule has 0 unspecified atom stereocenters. The summed E-state index contributed by atoms with van der Waals surface area (Å²) in [7, 11) is 0. The number of benzene rings is 2. The molecule has 34 heavy (non-hydrogen) atoms. The molecule has 9 heteroatoms. The number of carbonyl (C=O) groups excluding carboxylic acids is 4. The zero-order valence-electron chi connectivity index (χ0n) is 19.6. The topological polar surface area (TPSA) is 120 Å². The van der Waals surface area contributed by atoms with Gasteiger partial charge in [0.05, 0.1) is 18.3 Å². The Morgan fingerprint density at radius 1 is 0.912 bits per heavy atom. The molecule has 2 N–H and O–H groups in total. The van der Waals surface area contributed by atoms with Gasteiger partial charge in [0.2, 0.25) is 0 Å². The van der Waals surface area contributed by atoms with Crippen LogP contribution in [0.1, 0.15) is 54.3 Å². The zero-order valence-corrected chi connectivity index (χ0v) is 19.6. The Labute approximate surface area is 198 Å². The lowest BCUT2D eigenvalue weighted by Gasteiger charge is -2.10. The van der Waals surface area contributed by atoms with E-state index in [1.807, 2.05) is 0 Å². The van der Waals surface area contributed by atoms with Crippen LogP contribution in [0.15, 0.2) is 48.5 Å². The summed E-state index contributed by atoms with van der Waals surface area (Å²) in [6.45, 7) is 5.28. The third kappa shape index (κ3) is 9.32. The van der Waals surface area contributed by atoms with Crippen LogP contribution in [0.2, 0.25) is 0 Å². The van der Waals surface area contributed by atoms with Crippen molar-refractivity contribution in [2.75, 3.05) is 25.1 Å². The number of rotatable bonds is 12. The fourth-order valence-corrected chi connectivity index (χ4v) is 2.66. The molecule has 2 rings (SSSR count). The molecule has 2 aromatic carbocycles. The normalized spacial score (nSPS) is 10.4. The Balaban J connectivity index is 1.70. The maximum atomic E-state index is 12.2. The molecule has 0 fully saturated rings. The second-order valence-electron chi connectivity index (χ2n) is 7.65. The first-order chi connectivity index (χ1) is 16.3. The Morgan fingerprint density at radius 2 is 1.56 bits per heavy atom. The third-order valence-corrected chi connectivity index (χ3v) is 4.39. The van der Waals surface area contributed by atoms with E-state index >= 15 is 0 Å². The van der Waals surface area contributed by atoms with Crippen molar-refractivity contribution in [2.24, 2.45) is 0 Å². The van der Waals surface area contributed by atoms with Gasteiger partial charge >= 0.3 is 11.9 Å². The van der Waals surface area contributed by atoms with Crippen LogP contribution in [-0.2, 0) is 19.1 Å². The van der Waals surface area contributed by atoms with E-state index in [1.54, 1.807) is 38.1 Å². The summed E-state index contributed by atoms with van der Waals surface area (Å²) in [5.74, 6) is -1.55. The molecule has 0 atom stereocenters. The lowest BCUT2D eigenvalue weighted by Crippen LogP contribution is -2.32. The summed E-state index contributed by atoms with van der Waals surface area (Å²) in [4.78, 5) is 47.8. The van der Waals surface area contributed by atoms with Crippen molar-refractivity contribution in [3.63, 3.8) is 0 Å². The molecule has 0 aromatic heterocycles. The van der Waals surface area contributed by atoms with E-state index in [-0.39, 0.29) is 12.6 Å². The van der Waals surface area contributed by atoms with Gasteiger partial charge in [-0.05, 0) is 68.8 Å². The van der Waals surface area contributed by atoms with Gasteiger partial charge in [0.1, 0.15) is 12.3 Å². The van der Waals surface area contributed by atoms with E-state index in [1.165, 1.54) is 24.3 Å². The van der Waals surface area contributed by atoms with Gasteiger partial charge in [0.15, 0.2) is 6.61 Å². The Bertz CT molecular complexity index is 970. The molecule has 2 amide bonds. The number of amides is 2. The minimum Gasteiger partial charge on any atom is -0.494 e. The fourth-order valence-electron chi connectivity index (χ4n) is 2.66. The van der Waals surface area contributed by atoms with Gasteiger partial charge in [-0.25, -0.2) is 4.79 Å². The van der Waals surface area contributed by atoms with Gasteiger partial charge in [-0.2, -0.15) is 0 Å². The molecule has 0 saturated carbocycles. The number of ether oxygens (including phenoxy) is 3. The smallest absolute Gasteiger partial charge is 0.338 e. The van der Waals surface area contributed by atoms with E-state index in [2.05, 4.69) is 17.6 Å². The summed E-state index contributed by atoms with van der Waals surface area (Å²) in [5, 5.41) is 5.00. The Morgan fingerprint density at radius 3 is 2.18 bits per heavy atom. The van der Waals surface area contributed by atoms with Crippen LogP contribution >= 0.6 is 0 Å². The van der Waals surface area contributed by atoms with Gasteiger partial charge in [-0.1, -0.05) is 13.3 Å². The van der Waals surface area contributed by atoms with Gasteiger partial charge in [-0.15, -0.1) is 0 Å². The highest BCUT2D eigenvalue weighted by molar-refractivity contribution is 5.97. The highest BCUT2D eigenvalue weighted by Gasteiger charge is 2.12. The van der Waals surface area contributed by atoms with Crippen LogP contribution in [0.5, 0.6) is 5.75 Å². The van der Waals surface area contributed by atoms with Crippen molar-refractivity contribution >= 4 is 29.4 Å². The third-order valence-electron chi connectivity index (χ3n) is 4.39. The van der Waals surface area contributed by atoms with Crippen molar-refractivity contribution in [1.82, 2.24) is 5.32 Å². The molecule has 9 nitrogen and oxygen atoms in total. The van der Waals surface area contributed by atoms with E-state index in [9.17, 15) is 19.2 Å². The number of hydrogen-bond acceptors (Lipinski definition) is 7. The Kier molecular flexibility index (Phi) is 10.6. The number of nitrogens with one attached hydrogen (secondary N) is 2. The highest BCUT2D eigenvalue weighted by atomic mass is 16.5. The molecule has 0 saturated heterocycles. The maximum absolute atomic E-state index is 12.2. The van der Waals surface area contributed by atoms with Crippen LogP contribution in [-0.4, -0.2) is 49.6 Å². The maximum Gasteiger partial charge on any atom is 0.338 e. The van der Waals surface area contributed by atoms with Crippen molar-refractivity contribution < 1.29 is 33.4 Å². The van der Waals surface area contributed by atoms with Crippen molar-refractivity contribution in [3.05, 3.63) is 59.7 Å². The minimum absolute atomic E-state index is 0.234. The summed E-state index contributed by atoms with van der Waals surface area (Å²) in [6, 6.07) is 12.7. The van der Waals surface area contributed by atoms with Crippen LogP contribution in [0, 0.1) is 0 Å². The van der Waals surface area contributed by atoms with E-state index in [4.69, 9.17) is 14.2 Å². The molecule has 182 valence electrons. The summed E-state index contributed by atoms with van der Waals surface area (Å²) in [6.07, 6.45) is 1.74. The fraction of sp³-hybridized carbons (Fsp3) is 0.360. The summed E-state index contributed by atoms with van der Waals surface area (Å²) >= 11 is 0. The average Bonchev–Trinajstić information content (AvgIpc) is 2.82. The molecule has 0 heterocycles.